The summed E-state index contributed by atoms with van der Waals surface area (Å²) >= 11 is 0. The van der Waals surface area contributed by atoms with E-state index < -0.39 is 0 Å². The quantitative estimate of drug-likeness (QED) is 0.161. The second-order valence-electron chi connectivity index (χ2n) is 15.5. The van der Waals surface area contributed by atoms with Crippen LogP contribution >= 0.6 is 0 Å². The Hall–Kier alpha value is -8.41. The van der Waals surface area contributed by atoms with Gasteiger partial charge in [-0.05, 0) is 69.3 Å². The zero-order valence-electron chi connectivity index (χ0n) is 33.4. The molecule has 0 fully saturated rings. The molecule has 9 aromatic carbocycles. The van der Waals surface area contributed by atoms with Crippen LogP contribution in [0.15, 0.2) is 221 Å². The molecule has 0 saturated carbocycles. The lowest BCUT2D eigenvalue weighted by Gasteiger charge is -2.20. The van der Waals surface area contributed by atoms with Crippen molar-refractivity contribution in [2.24, 2.45) is 0 Å². The van der Waals surface area contributed by atoms with Crippen LogP contribution in [0.5, 0.6) is 0 Å². The van der Waals surface area contributed by atoms with Gasteiger partial charge in [-0.1, -0.05) is 182 Å². The molecule has 62 heavy (non-hydrogen) atoms. The second-order valence-corrected chi connectivity index (χ2v) is 15.5. The number of rotatable bonds is 7. The van der Waals surface area contributed by atoms with Gasteiger partial charge < -0.3 is 8.83 Å². The molecule has 0 aliphatic carbocycles. The molecule has 3 heterocycles. The summed E-state index contributed by atoms with van der Waals surface area (Å²) in [6.45, 7) is 0. The molecule has 3 aromatic heterocycles. The van der Waals surface area contributed by atoms with E-state index in [1.165, 1.54) is 0 Å². The van der Waals surface area contributed by atoms with Crippen molar-refractivity contribution in [3.05, 3.63) is 212 Å². The third-order valence-corrected chi connectivity index (χ3v) is 11.8. The maximum atomic E-state index is 6.60. The fourth-order valence-electron chi connectivity index (χ4n) is 8.90. The van der Waals surface area contributed by atoms with E-state index in [1.54, 1.807) is 0 Å². The van der Waals surface area contributed by atoms with Gasteiger partial charge in [-0.25, -0.2) is 15.0 Å². The Morgan fingerprint density at radius 1 is 0.242 bits per heavy atom. The molecule has 5 heteroatoms. The SMILES string of the molecule is c1ccc(-c2ccc(-c3c(-c4nc(-c5cccc6c5oc5ccccc56)nc(-c5cccc6c5oc5ccccc56)n4)ccc(-c4ccccc4)c3-c3ccccc3)cc2)cc1. The first-order valence-corrected chi connectivity index (χ1v) is 20.8. The summed E-state index contributed by atoms with van der Waals surface area (Å²) in [7, 11) is 0. The molecule has 0 N–H and O–H groups in total. The molecule has 0 radical (unpaired) electrons. The topological polar surface area (TPSA) is 65.0 Å². The molecule has 290 valence electrons. The number of benzene rings is 9. The molecule has 12 aromatic rings. The molecular weight excluding hydrogens is 759 g/mol. The number of para-hydroxylation sites is 4. The highest BCUT2D eigenvalue weighted by atomic mass is 16.3. The third kappa shape index (κ3) is 5.98. The largest absolute Gasteiger partial charge is 0.455 e. The second kappa shape index (κ2) is 14.7. The van der Waals surface area contributed by atoms with Crippen molar-refractivity contribution >= 4 is 43.9 Å². The number of aromatic nitrogens is 3. The van der Waals surface area contributed by atoms with Gasteiger partial charge in [0.2, 0.25) is 0 Å². The van der Waals surface area contributed by atoms with E-state index in [4.69, 9.17) is 23.8 Å². The maximum absolute atomic E-state index is 6.60. The first-order chi connectivity index (χ1) is 30.7. The van der Waals surface area contributed by atoms with E-state index in [-0.39, 0.29) is 0 Å². The van der Waals surface area contributed by atoms with Gasteiger partial charge in [0.05, 0.1) is 11.1 Å². The molecule has 0 aliphatic heterocycles. The number of hydrogen-bond donors (Lipinski definition) is 0. The summed E-state index contributed by atoms with van der Waals surface area (Å²) in [6, 6.07) is 73.5. The van der Waals surface area contributed by atoms with Crippen molar-refractivity contribution < 1.29 is 8.83 Å². The lowest BCUT2D eigenvalue weighted by Crippen LogP contribution is -2.03. The summed E-state index contributed by atoms with van der Waals surface area (Å²) in [5, 5.41) is 4.07. The van der Waals surface area contributed by atoms with Gasteiger partial charge in [0.25, 0.3) is 0 Å². The van der Waals surface area contributed by atoms with Crippen molar-refractivity contribution in [2.45, 2.75) is 0 Å². The lowest BCUT2D eigenvalue weighted by molar-refractivity contribution is 0.669. The van der Waals surface area contributed by atoms with Crippen LogP contribution in [0, 0.1) is 0 Å². The van der Waals surface area contributed by atoms with Gasteiger partial charge >= 0.3 is 0 Å². The smallest absolute Gasteiger partial charge is 0.167 e. The van der Waals surface area contributed by atoms with E-state index in [1.807, 2.05) is 66.7 Å². The summed E-state index contributed by atoms with van der Waals surface area (Å²) in [5.74, 6) is 1.54. The van der Waals surface area contributed by atoms with Crippen LogP contribution in [0.1, 0.15) is 0 Å². The highest BCUT2D eigenvalue weighted by Crippen LogP contribution is 2.46. The molecule has 12 rings (SSSR count). The average molecular weight is 794 g/mol. The van der Waals surface area contributed by atoms with Crippen LogP contribution in [-0.2, 0) is 0 Å². The van der Waals surface area contributed by atoms with Crippen molar-refractivity contribution in [3.8, 4) is 78.7 Å². The molecular formula is C57H35N3O2. The number of fused-ring (bicyclic) bond motifs is 6. The molecule has 0 bridgehead atoms. The Morgan fingerprint density at radius 3 is 1.16 bits per heavy atom. The molecule has 0 atom stereocenters. The molecule has 0 aliphatic rings. The fraction of sp³-hybridized carbons (Fsp3) is 0. The normalized spacial score (nSPS) is 11.5. The standard InChI is InChI=1S/C57H35N3O2/c1-4-16-36(17-5-1)37-30-32-40(33-31-37)52-46(35-34-41(38-18-6-2-7-19-38)51(52)39-20-8-3-9-21-39)55-58-56(47-26-14-24-44-42-22-10-12-28-49(42)61-53(44)47)60-57(59-55)48-27-15-25-45-43-23-11-13-29-50(43)62-54(45)48/h1-35H. The minimum absolute atomic E-state index is 0.501. The number of hydrogen-bond acceptors (Lipinski definition) is 5. The predicted octanol–water partition coefficient (Wildman–Crippen LogP) is 15.3. The molecule has 5 nitrogen and oxygen atoms in total. The van der Waals surface area contributed by atoms with Crippen molar-refractivity contribution in [3.63, 3.8) is 0 Å². The Bertz CT molecular complexity index is 3480. The van der Waals surface area contributed by atoms with E-state index in [2.05, 4.69) is 146 Å². The van der Waals surface area contributed by atoms with Crippen LogP contribution in [0.25, 0.3) is 123 Å². The zero-order chi connectivity index (χ0) is 41.0. The van der Waals surface area contributed by atoms with Gasteiger partial charge in [-0.15, -0.1) is 0 Å². The van der Waals surface area contributed by atoms with Gasteiger partial charge in [-0.2, -0.15) is 0 Å². The first-order valence-electron chi connectivity index (χ1n) is 20.8. The Balaban J connectivity index is 1.17. The van der Waals surface area contributed by atoms with Crippen LogP contribution in [0.2, 0.25) is 0 Å². The van der Waals surface area contributed by atoms with E-state index in [0.29, 0.717) is 17.5 Å². The van der Waals surface area contributed by atoms with Crippen molar-refractivity contribution in [1.29, 1.82) is 0 Å². The molecule has 0 saturated heterocycles. The third-order valence-electron chi connectivity index (χ3n) is 11.8. The average Bonchev–Trinajstić information content (AvgIpc) is 3.93. The monoisotopic (exact) mass is 793 g/mol. The Labute approximate surface area is 357 Å². The van der Waals surface area contributed by atoms with Gasteiger partial charge in [0.1, 0.15) is 22.3 Å². The highest BCUT2D eigenvalue weighted by molar-refractivity contribution is 6.11. The minimum atomic E-state index is 0.501. The molecule has 0 amide bonds. The van der Waals surface area contributed by atoms with Crippen LogP contribution in [0.3, 0.4) is 0 Å². The van der Waals surface area contributed by atoms with Crippen LogP contribution < -0.4 is 0 Å². The van der Waals surface area contributed by atoms with Gasteiger partial charge in [0.15, 0.2) is 17.5 Å². The lowest BCUT2D eigenvalue weighted by atomic mass is 9.84. The fourth-order valence-corrected chi connectivity index (χ4v) is 8.90. The predicted molar refractivity (Wildman–Crippen MR) is 252 cm³/mol. The highest BCUT2D eigenvalue weighted by Gasteiger charge is 2.25. The van der Waals surface area contributed by atoms with Crippen molar-refractivity contribution in [2.75, 3.05) is 0 Å². The van der Waals surface area contributed by atoms with Gasteiger partial charge in [0, 0.05) is 32.7 Å². The molecule has 0 spiro atoms. The Kier molecular flexibility index (Phi) is 8.42. The zero-order valence-corrected chi connectivity index (χ0v) is 33.4. The summed E-state index contributed by atoms with van der Waals surface area (Å²) < 4.78 is 13.2. The van der Waals surface area contributed by atoms with Gasteiger partial charge in [-0.3, -0.25) is 0 Å². The van der Waals surface area contributed by atoms with Crippen molar-refractivity contribution in [1.82, 2.24) is 15.0 Å². The van der Waals surface area contributed by atoms with E-state index in [9.17, 15) is 0 Å². The van der Waals surface area contributed by atoms with E-state index >= 15 is 0 Å². The molecule has 0 unspecified atom stereocenters. The summed E-state index contributed by atoms with van der Waals surface area (Å²) in [4.78, 5) is 16.1. The first kappa shape index (κ1) is 35.5. The Morgan fingerprint density at radius 2 is 0.613 bits per heavy atom. The number of furan rings is 2. The number of nitrogens with zero attached hydrogens (tertiary/aromatic N) is 3. The summed E-state index contributed by atoms with van der Waals surface area (Å²) in [5.41, 5.74) is 14.2. The maximum Gasteiger partial charge on any atom is 0.167 e. The summed E-state index contributed by atoms with van der Waals surface area (Å²) in [6.07, 6.45) is 0. The van der Waals surface area contributed by atoms with Crippen LogP contribution in [-0.4, -0.2) is 15.0 Å². The minimum Gasteiger partial charge on any atom is -0.455 e. The van der Waals surface area contributed by atoms with E-state index in [0.717, 1.165) is 105 Å². The van der Waals surface area contributed by atoms with Crippen LogP contribution in [0.4, 0.5) is 0 Å².